The number of hydrogen-bond acceptors (Lipinski definition) is 6. The molecule has 0 spiro atoms. The SMILES string of the molecule is Bc1ccc2c(c1)SN(C)c1ccsc1C2NCCCCCCC(=O)OCC. The van der Waals surface area contributed by atoms with Gasteiger partial charge in [0.2, 0.25) is 0 Å². The number of esters is 1. The van der Waals surface area contributed by atoms with Crippen LogP contribution in [-0.2, 0) is 9.53 Å². The maximum Gasteiger partial charge on any atom is 0.305 e. The fourth-order valence-corrected chi connectivity index (χ4v) is 5.67. The molecule has 0 saturated heterocycles. The van der Waals surface area contributed by atoms with Crippen molar-refractivity contribution in [3.63, 3.8) is 0 Å². The van der Waals surface area contributed by atoms with Crippen LogP contribution >= 0.6 is 23.3 Å². The molecule has 150 valence electrons. The highest BCUT2D eigenvalue weighted by atomic mass is 32.2. The molecule has 2 heterocycles. The number of carbonyl (C=O) groups excluding carboxylic acids is 1. The first-order chi connectivity index (χ1) is 13.6. The number of ether oxygens (including phenoxy) is 1. The van der Waals surface area contributed by atoms with Gasteiger partial charge >= 0.3 is 5.97 Å². The van der Waals surface area contributed by atoms with Crippen LogP contribution in [0, 0.1) is 0 Å². The molecule has 1 aromatic carbocycles. The lowest BCUT2D eigenvalue weighted by molar-refractivity contribution is -0.143. The molecular weight excluding hydrogens is 387 g/mol. The first kappa shape index (κ1) is 21.3. The predicted octanol–water partition coefficient (Wildman–Crippen LogP) is 3.66. The van der Waals surface area contributed by atoms with Crippen LogP contribution in [0.1, 0.15) is 55.5 Å². The van der Waals surface area contributed by atoms with E-state index in [4.69, 9.17) is 4.74 Å². The van der Waals surface area contributed by atoms with E-state index in [0.717, 1.165) is 32.2 Å². The second kappa shape index (κ2) is 10.4. The number of unbranched alkanes of at least 4 members (excludes halogenated alkanes) is 3. The molecule has 2 aromatic rings. The van der Waals surface area contributed by atoms with E-state index in [-0.39, 0.29) is 12.0 Å². The van der Waals surface area contributed by atoms with Gasteiger partial charge in [-0.2, -0.15) is 0 Å². The van der Waals surface area contributed by atoms with E-state index in [1.54, 1.807) is 0 Å². The maximum absolute atomic E-state index is 11.4. The van der Waals surface area contributed by atoms with Crippen molar-refractivity contribution in [1.82, 2.24) is 5.32 Å². The average Bonchev–Trinajstić information content (AvgIpc) is 3.11. The zero-order valence-corrected chi connectivity index (χ0v) is 18.6. The van der Waals surface area contributed by atoms with Crippen molar-refractivity contribution in [1.29, 1.82) is 0 Å². The lowest BCUT2D eigenvalue weighted by atomic mass is 9.93. The molecule has 0 amide bonds. The third-order valence-corrected chi connectivity index (χ3v) is 6.94. The highest BCUT2D eigenvalue weighted by molar-refractivity contribution is 8.00. The van der Waals surface area contributed by atoms with E-state index in [0.29, 0.717) is 13.0 Å². The second-order valence-corrected chi connectivity index (χ2v) is 9.27. The molecule has 1 N–H and O–H groups in total. The Morgan fingerprint density at radius 3 is 2.89 bits per heavy atom. The van der Waals surface area contributed by atoms with Gasteiger partial charge in [-0.1, -0.05) is 36.5 Å². The Hall–Kier alpha value is -1.44. The normalized spacial score (nSPS) is 15.6. The molecule has 1 aliphatic heterocycles. The Balaban J connectivity index is 1.57. The van der Waals surface area contributed by atoms with Gasteiger partial charge in [0, 0.05) is 18.4 Å². The fraction of sp³-hybridized carbons (Fsp3) is 0.476. The molecule has 1 aliphatic rings. The largest absolute Gasteiger partial charge is 0.466 e. The summed E-state index contributed by atoms with van der Waals surface area (Å²) in [6.07, 6.45) is 4.78. The van der Waals surface area contributed by atoms with E-state index in [2.05, 4.69) is 54.2 Å². The molecule has 0 saturated carbocycles. The van der Waals surface area contributed by atoms with Crippen molar-refractivity contribution in [2.45, 2.75) is 50.0 Å². The summed E-state index contributed by atoms with van der Waals surface area (Å²) in [6, 6.07) is 9.23. The number of hydrogen-bond donors (Lipinski definition) is 1. The Morgan fingerprint density at radius 1 is 1.25 bits per heavy atom. The number of carbonyl (C=O) groups is 1. The van der Waals surface area contributed by atoms with Crippen LogP contribution in [0.15, 0.2) is 34.5 Å². The zero-order chi connectivity index (χ0) is 19.9. The molecule has 0 radical (unpaired) electrons. The number of fused-ring (bicyclic) bond motifs is 2. The first-order valence-corrected chi connectivity index (χ1v) is 11.7. The molecule has 28 heavy (non-hydrogen) atoms. The molecule has 1 atom stereocenters. The third-order valence-electron chi connectivity index (χ3n) is 4.95. The highest BCUT2D eigenvalue weighted by Crippen LogP contribution is 2.45. The summed E-state index contributed by atoms with van der Waals surface area (Å²) >= 11 is 3.64. The molecule has 0 bridgehead atoms. The van der Waals surface area contributed by atoms with Gasteiger partial charge in [-0.15, -0.1) is 11.3 Å². The summed E-state index contributed by atoms with van der Waals surface area (Å²) in [4.78, 5) is 14.1. The van der Waals surface area contributed by atoms with Crippen molar-refractivity contribution < 1.29 is 9.53 Å². The van der Waals surface area contributed by atoms with Gasteiger partial charge in [0.15, 0.2) is 0 Å². The van der Waals surface area contributed by atoms with Crippen molar-refractivity contribution in [3.05, 3.63) is 40.1 Å². The minimum absolute atomic E-state index is 0.0715. The summed E-state index contributed by atoms with van der Waals surface area (Å²) in [5.41, 5.74) is 3.96. The maximum atomic E-state index is 11.4. The molecule has 0 aliphatic carbocycles. The predicted molar refractivity (Wildman–Crippen MR) is 123 cm³/mol. The Kier molecular flexibility index (Phi) is 7.88. The van der Waals surface area contributed by atoms with Gasteiger partial charge in [-0.05, 0) is 55.3 Å². The quantitative estimate of drug-likeness (QED) is 0.293. The number of thiophene rings is 1. The van der Waals surface area contributed by atoms with Crippen LogP contribution in [0.5, 0.6) is 0 Å². The van der Waals surface area contributed by atoms with Crippen molar-refractivity contribution in [2.24, 2.45) is 0 Å². The van der Waals surface area contributed by atoms with E-state index in [1.807, 2.05) is 30.2 Å². The third kappa shape index (κ3) is 5.34. The monoisotopic (exact) mass is 416 g/mol. The van der Waals surface area contributed by atoms with Crippen LogP contribution in [0.3, 0.4) is 0 Å². The second-order valence-electron chi connectivity index (χ2n) is 7.16. The van der Waals surface area contributed by atoms with Gasteiger partial charge in [0.1, 0.15) is 7.85 Å². The number of nitrogens with zero attached hydrogens (tertiary/aromatic N) is 1. The number of rotatable bonds is 9. The Morgan fingerprint density at radius 2 is 2.07 bits per heavy atom. The topological polar surface area (TPSA) is 41.6 Å². The summed E-state index contributed by atoms with van der Waals surface area (Å²) in [5, 5.41) is 5.98. The molecule has 0 fully saturated rings. The summed E-state index contributed by atoms with van der Waals surface area (Å²) in [5.74, 6) is -0.0715. The molecule has 4 nitrogen and oxygen atoms in total. The minimum atomic E-state index is -0.0715. The molecule has 7 heteroatoms. The summed E-state index contributed by atoms with van der Waals surface area (Å²) in [6.45, 7) is 3.30. The van der Waals surface area contributed by atoms with Gasteiger partial charge < -0.3 is 14.4 Å². The van der Waals surface area contributed by atoms with Crippen LogP contribution in [0.4, 0.5) is 5.69 Å². The Labute approximate surface area is 177 Å². The van der Waals surface area contributed by atoms with Gasteiger partial charge in [-0.25, -0.2) is 0 Å². The van der Waals surface area contributed by atoms with Crippen molar-refractivity contribution in [2.75, 3.05) is 24.5 Å². The zero-order valence-electron chi connectivity index (χ0n) is 17.0. The standard InChI is InChI=1S/C21H29BN2O2S2/c1-3-26-19(25)8-6-4-5-7-12-23-20-16-10-9-15(22)14-18(16)28-24(2)17-11-13-27-21(17)20/h9-11,13-14,20,23H,3-8,12,22H2,1-2H3. The van der Waals surface area contributed by atoms with Crippen molar-refractivity contribution in [3.8, 4) is 0 Å². The van der Waals surface area contributed by atoms with Gasteiger partial charge in [0.25, 0.3) is 0 Å². The van der Waals surface area contributed by atoms with E-state index in [9.17, 15) is 4.79 Å². The van der Waals surface area contributed by atoms with Crippen LogP contribution in [-0.4, -0.2) is 34.0 Å². The number of benzene rings is 1. The highest BCUT2D eigenvalue weighted by Gasteiger charge is 2.27. The summed E-state index contributed by atoms with van der Waals surface area (Å²) < 4.78 is 7.26. The number of nitrogens with one attached hydrogen (secondary N) is 1. The smallest absolute Gasteiger partial charge is 0.305 e. The Bertz CT molecular complexity index is 796. The fourth-order valence-electron chi connectivity index (χ4n) is 3.52. The lowest BCUT2D eigenvalue weighted by Crippen LogP contribution is -2.23. The van der Waals surface area contributed by atoms with Crippen LogP contribution < -0.4 is 15.1 Å². The first-order valence-electron chi connectivity index (χ1n) is 10.1. The van der Waals surface area contributed by atoms with E-state index < -0.39 is 0 Å². The van der Waals surface area contributed by atoms with Crippen molar-refractivity contribution >= 4 is 48.3 Å². The average molecular weight is 416 g/mol. The van der Waals surface area contributed by atoms with Gasteiger partial charge in [0.05, 0.1) is 23.2 Å². The van der Waals surface area contributed by atoms with E-state index in [1.165, 1.54) is 26.5 Å². The van der Waals surface area contributed by atoms with Gasteiger partial charge in [-0.3, -0.25) is 4.79 Å². The summed E-state index contributed by atoms with van der Waals surface area (Å²) in [7, 11) is 4.30. The van der Waals surface area contributed by atoms with Crippen LogP contribution in [0.2, 0.25) is 0 Å². The lowest BCUT2D eigenvalue weighted by Gasteiger charge is -2.19. The molecule has 1 unspecified atom stereocenters. The van der Waals surface area contributed by atoms with E-state index >= 15 is 0 Å². The molecular formula is C21H29BN2O2S2. The minimum Gasteiger partial charge on any atom is -0.466 e. The molecule has 3 rings (SSSR count). The number of anilines is 1. The molecule has 1 aromatic heterocycles. The van der Waals surface area contributed by atoms with Crippen LogP contribution in [0.25, 0.3) is 0 Å².